The highest BCUT2D eigenvalue weighted by Gasteiger charge is 2.23. The normalized spacial score (nSPS) is 16.4. The van der Waals surface area contributed by atoms with Crippen molar-refractivity contribution in [3.63, 3.8) is 0 Å². The molecule has 29 heavy (non-hydrogen) atoms. The highest BCUT2D eigenvalue weighted by Crippen LogP contribution is 2.33. The van der Waals surface area contributed by atoms with Gasteiger partial charge in [-0.25, -0.2) is 10.2 Å². The summed E-state index contributed by atoms with van der Waals surface area (Å²) in [4.78, 5) is 30.0. The van der Waals surface area contributed by atoms with Crippen molar-refractivity contribution < 1.29 is 14.3 Å². The Balaban J connectivity index is 1.74. The molecule has 0 fully saturated rings. The number of H-pyrrole nitrogens is 1. The zero-order valence-electron chi connectivity index (χ0n) is 17.8. The molecule has 2 N–H and O–H groups in total. The highest BCUT2D eigenvalue weighted by atomic mass is 32.1. The van der Waals surface area contributed by atoms with Gasteiger partial charge in [-0.3, -0.25) is 4.79 Å². The molecule has 2 aromatic rings. The Labute approximate surface area is 175 Å². The molecular weight excluding hydrogens is 386 g/mol. The molecule has 0 aliphatic heterocycles. The van der Waals surface area contributed by atoms with E-state index >= 15 is 0 Å². The van der Waals surface area contributed by atoms with Gasteiger partial charge in [0.25, 0.3) is 5.91 Å². The molecule has 0 bridgehead atoms. The summed E-state index contributed by atoms with van der Waals surface area (Å²) < 4.78 is 5.13. The molecule has 6 nitrogen and oxygen atoms in total. The zero-order valence-corrected chi connectivity index (χ0v) is 18.6. The maximum absolute atomic E-state index is 12.6. The van der Waals surface area contributed by atoms with E-state index < -0.39 is 0 Å². The van der Waals surface area contributed by atoms with E-state index in [2.05, 4.69) is 22.4 Å². The quantitative estimate of drug-likeness (QED) is 0.413. The van der Waals surface area contributed by atoms with Gasteiger partial charge in [-0.05, 0) is 70.1 Å². The molecule has 156 valence electrons. The van der Waals surface area contributed by atoms with Crippen LogP contribution in [0.5, 0.6) is 0 Å². The van der Waals surface area contributed by atoms with Crippen LogP contribution in [0.4, 0.5) is 0 Å². The molecule has 3 rings (SSSR count). The predicted molar refractivity (Wildman–Crippen MR) is 116 cm³/mol. The summed E-state index contributed by atoms with van der Waals surface area (Å²) in [6.07, 6.45) is 4.51. The number of hydrogen-bond acceptors (Lipinski definition) is 5. The lowest BCUT2D eigenvalue weighted by atomic mass is 9.87. The second-order valence-corrected chi connectivity index (χ2v) is 8.70. The molecule has 0 saturated carbocycles. The Hall–Kier alpha value is -2.41. The van der Waals surface area contributed by atoms with E-state index in [0.717, 1.165) is 35.7 Å². The molecule has 7 heteroatoms. The summed E-state index contributed by atoms with van der Waals surface area (Å²) in [6.45, 7) is 9.82. The van der Waals surface area contributed by atoms with Gasteiger partial charge >= 0.3 is 5.97 Å². The van der Waals surface area contributed by atoms with Crippen LogP contribution in [0.2, 0.25) is 0 Å². The van der Waals surface area contributed by atoms with E-state index in [1.165, 1.54) is 23.3 Å². The summed E-state index contributed by atoms with van der Waals surface area (Å²) in [6, 6.07) is 2.02. The van der Waals surface area contributed by atoms with Gasteiger partial charge in [0.15, 0.2) is 0 Å². The zero-order chi connectivity index (χ0) is 21.1. The van der Waals surface area contributed by atoms with Crippen molar-refractivity contribution in [1.82, 2.24) is 10.4 Å². The van der Waals surface area contributed by atoms with Crippen molar-refractivity contribution in [1.29, 1.82) is 0 Å². The lowest BCUT2D eigenvalue weighted by Crippen LogP contribution is -2.18. The van der Waals surface area contributed by atoms with Gasteiger partial charge in [0, 0.05) is 10.6 Å². The number of hydrogen-bond donors (Lipinski definition) is 2. The van der Waals surface area contributed by atoms with Gasteiger partial charge in [0.1, 0.15) is 0 Å². The third kappa shape index (κ3) is 4.45. The fraction of sp³-hybridized carbons (Fsp3) is 0.500. The Morgan fingerprint density at radius 2 is 2.10 bits per heavy atom. The van der Waals surface area contributed by atoms with Crippen LogP contribution in [0.1, 0.15) is 81.0 Å². The number of fused-ring (bicyclic) bond motifs is 1. The van der Waals surface area contributed by atoms with Crippen LogP contribution in [0.3, 0.4) is 0 Å². The Kier molecular flexibility index (Phi) is 6.57. The SMILES string of the molecule is CCOC(=O)c1c(C)[nH]c(/C(C)=N/NC(=O)c2cc3c(s2)CC[C@@H](CC)C3)c1C. The molecule has 1 aliphatic rings. The van der Waals surface area contributed by atoms with Gasteiger partial charge in [-0.15, -0.1) is 11.3 Å². The molecule has 1 amide bonds. The molecular formula is C22H29N3O3S. The van der Waals surface area contributed by atoms with Crippen LogP contribution in [-0.4, -0.2) is 29.2 Å². The minimum atomic E-state index is -0.351. The number of aromatic amines is 1. The first kappa shape index (κ1) is 21.3. The average molecular weight is 416 g/mol. The standard InChI is InChI=1S/C22H29N3O3S/c1-6-15-8-9-17-16(10-15)11-18(29-17)21(26)25-24-14(5)20-12(3)19(13(4)23-20)22(27)28-7-2/h11,15,23H,6-10H2,1-5H3,(H,25,26)/b24-14+/t15-/m1/s1. The first-order valence-electron chi connectivity index (χ1n) is 10.2. The van der Waals surface area contributed by atoms with Crippen molar-refractivity contribution in [2.24, 2.45) is 11.0 Å². The number of aryl methyl sites for hydroxylation is 2. The topological polar surface area (TPSA) is 83.6 Å². The van der Waals surface area contributed by atoms with E-state index in [4.69, 9.17) is 4.74 Å². The first-order valence-corrected chi connectivity index (χ1v) is 11.0. The summed E-state index contributed by atoms with van der Waals surface area (Å²) in [5.74, 6) is 0.181. The fourth-order valence-electron chi connectivity index (χ4n) is 3.93. The largest absolute Gasteiger partial charge is 0.462 e. The maximum atomic E-state index is 12.6. The molecule has 0 aromatic carbocycles. The van der Waals surface area contributed by atoms with Crippen LogP contribution < -0.4 is 5.43 Å². The molecule has 1 atom stereocenters. The number of rotatable bonds is 6. The number of carbonyl (C=O) groups excluding carboxylic acids is 2. The lowest BCUT2D eigenvalue weighted by Gasteiger charge is -2.19. The molecule has 0 unspecified atom stereocenters. The van der Waals surface area contributed by atoms with Crippen LogP contribution in [0.25, 0.3) is 0 Å². The predicted octanol–water partition coefficient (Wildman–Crippen LogP) is 4.54. The van der Waals surface area contributed by atoms with Gasteiger partial charge in [-0.2, -0.15) is 5.10 Å². The van der Waals surface area contributed by atoms with Gasteiger partial charge < -0.3 is 9.72 Å². The van der Waals surface area contributed by atoms with Crippen LogP contribution in [-0.2, 0) is 17.6 Å². The molecule has 0 radical (unpaired) electrons. The summed E-state index contributed by atoms with van der Waals surface area (Å²) in [5, 5.41) is 4.27. The van der Waals surface area contributed by atoms with Crippen molar-refractivity contribution in [3.8, 4) is 0 Å². The van der Waals surface area contributed by atoms with Crippen molar-refractivity contribution in [3.05, 3.63) is 43.9 Å². The third-order valence-electron chi connectivity index (χ3n) is 5.59. The second kappa shape index (κ2) is 8.95. The molecule has 1 aliphatic carbocycles. The molecule has 0 saturated heterocycles. The van der Waals surface area contributed by atoms with Crippen LogP contribution in [0, 0.1) is 19.8 Å². The fourth-order valence-corrected chi connectivity index (χ4v) is 5.02. The number of amides is 1. The Morgan fingerprint density at radius 1 is 1.34 bits per heavy atom. The van der Waals surface area contributed by atoms with Crippen molar-refractivity contribution >= 4 is 28.9 Å². The Bertz CT molecular complexity index is 955. The smallest absolute Gasteiger partial charge is 0.340 e. The number of hydrazone groups is 1. The first-order chi connectivity index (χ1) is 13.8. The summed E-state index contributed by atoms with van der Waals surface area (Å²) in [7, 11) is 0. The van der Waals surface area contributed by atoms with Gasteiger partial charge in [0.2, 0.25) is 0 Å². The van der Waals surface area contributed by atoms with E-state index in [0.29, 0.717) is 22.8 Å². The van der Waals surface area contributed by atoms with Crippen LogP contribution in [0.15, 0.2) is 11.2 Å². The molecule has 0 spiro atoms. The minimum absolute atomic E-state index is 0.191. The van der Waals surface area contributed by atoms with E-state index in [1.807, 2.05) is 19.9 Å². The van der Waals surface area contributed by atoms with Crippen molar-refractivity contribution in [2.75, 3.05) is 6.61 Å². The van der Waals surface area contributed by atoms with E-state index in [1.54, 1.807) is 25.2 Å². The Morgan fingerprint density at radius 3 is 2.79 bits per heavy atom. The number of ether oxygens (including phenoxy) is 1. The molecule has 2 heterocycles. The third-order valence-corrected chi connectivity index (χ3v) is 6.83. The van der Waals surface area contributed by atoms with Gasteiger partial charge in [-0.1, -0.05) is 13.3 Å². The summed E-state index contributed by atoms with van der Waals surface area (Å²) in [5.41, 5.74) is 7.34. The highest BCUT2D eigenvalue weighted by molar-refractivity contribution is 7.14. The lowest BCUT2D eigenvalue weighted by molar-refractivity contribution is 0.0525. The number of thiophene rings is 1. The second-order valence-electron chi connectivity index (χ2n) is 7.56. The summed E-state index contributed by atoms with van der Waals surface area (Å²) >= 11 is 1.57. The van der Waals surface area contributed by atoms with E-state index in [-0.39, 0.29) is 11.9 Å². The number of carbonyl (C=O) groups is 2. The number of aromatic nitrogens is 1. The van der Waals surface area contributed by atoms with Gasteiger partial charge in [0.05, 0.1) is 28.5 Å². The van der Waals surface area contributed by atoms with Crippen molar-refractivity contribution in [2.45, 2.75) is 60.3 Å². The van der Waals surface area contributed by atoms with Crippen LogP contribution >= 0.6 is 11.3 Å². The van der Waals surface area contributed by atoms with E-state index in [9.17, 15) is 9.59 Å². The average Bonchev–Trinajstić information content (AvgIpc) is 3.25. The monoisotopic (exact) mass is 415 g/mol. The molecule has 2 aromatic heterocycles. The number of nitrogens with one attached hydrogen (secondary N) is 2. The number of nitrogens with zero attached hydrogens (tertiary/aromatic N) is 1. The maximum Gasteiger partial charge on any atom is 0.340 e. The minimum Gasteiger partial charge on any atom is -0.462 e. The number of esters is 1.